The third kappa shape index (κ3) is 3.98. The van der Waals surface area contributed by atoms with Crippen LogP contribution in [0.2, 0.25) is 0 Å². The normalized spacial score (nSPS) is 15.0. The van der Waals surface area contributed by atoms with Crippen molar-refractivity contribution in [3.63, 3.8) is 0 Å². The summed E-state index contributed by atoms with van der Waals surface area (Å²) in [6, 6.07) is 12.9. The van der Waals surface area contributed by atoms with Crippen LogP contribution in [0.4, 0.5) is 8.78 Å². The van der Waals surface area contributed by atoms with Crippen molar-refractivity contribution >= 4 is 5.91 Å². The van der Waals surface area contributed by atoms with Gasteiger partial charge in [0.2, 0.25) is 5.91 Å². The van der Waals surface area contributed by atoms with Gasteiger partial charge in [-0.2, -0.15) is 5.10 Å². The molecule has 0 bridgehead atoms. The average molecular weight is 384 g/mol. The smallest absolute Gasteiger partial charge is 0.280 e. The van der Waals surface area contributed by atoms with E-state index >= 15 is 0 Å². The SMILES string of the molecule is C[C@H](NC(=O)Cn1nc(C2CC2)cc1C(F)F)c1cccc(-n2cccc2)c1. The van der Waals surface area contributed by atoms with Crippen molar-refractivity contribution in [2.45, 2.75) is 44.7 Å². The topological polar surface area (TPSA) is 51.9 Å². The molecule has 1 amide bonds. The third-order valence-corrected chi connectivity index (χ3v) is 4.99. The largest absolute Gasteiger partial charge is 0.348 e. The van der Waals surface area contributed by atoms with Crippen LogP contribution in [0.15, 0.2) is 54.9 Å². The predicted octanol–water partition coefficient (Wildman–Crippen LogP) is 4.37. The molecule has 0 radical (unpaired) electrons. The van der Waals surface area contributed by atoms with Gasteiger partial charge < -0.3 is 9.88 Å². The highest BCUT2D eigenvalue weighted by Crippen LogP contribution is 2.40. The summed E-state index contributed by atoms with van der Waals surface area (Å²) >= 11 is 0. The van der Waals surface area contributed by atoms with Gasteiger partial charge >= 0.3 is 0 Å². The Labute approximate surface area is 162 Å². The lowest BCUT2D eigenvalue weighted by molar-refractivity contribution is -0.122. The molecule has 28 heavy (non-hydrogen) atoms. The molecule has 1 fully saturated rings. The Bertz CT molecular complexity index is 961. The average Bonchev–Trinajstić information content (AvgIpc) is 3.20. The molecule has 1 aliphatic rings. The second-order valence-electron chi connectivity index (χ2n) is 7.20. The van der Waals surface area contributed by atoms with Crippen LogP contribution in [0.1, 0.15) is 55.1 Å². The first-order chi connectivity index (χ1) is 13.5. The Morgan fingerprint density at radius 3 is 2.64 bits per heavy atom. The van der Waals surface area contributed by atoms with Gasteiger partial charge in [0.25, 0.3) is 6.43 Å². The fourth-order valence-corrected chi connectivity index (χ4v) is 3.30. The molecule has 1 N–H and O–H groups in total. The molecule has 0 saturated heterocycles. The number of hydrogen-bond donors (Lipinski definition) is 1. The molecule has 0 spiro atoms. The molecule has 3 aromatic rings. The second kappa shape index (κ2) is 7.58. The van der Waals surface area contributed by atoms with E-state index in [1.165, 1.54) is 6.07 Å². The van der Waals surface area contributed by atoms with Crippen LogP contribution < -0.4 is 5.32 Å². The van der Waals surface area contributed by atoms with E-state index in [9.17, 15) is 13.6 Å². The molecule has 1 saturated carbocycles. The van der Waals surface area contributed by atoms with Crippen molar-refractivity contribution in [2.75, 3.05) is 0 Å². The van der Waals surface area contributed by atoms with E-state index < -0.39 is 6.43 Å². The first-order valence-corrected chi connectivity index (χ1v) is 9.39. The lowest BCUT2D eigenvalue weighted by atomic mass is 10.1. The van der Waals surface area contributed by atoms with Crippen LogP contribution in [-0.2, 0) is 11.3 Å². The molecular formula is C21H22F2N4O. The molecule has 1 aromatic carbocycles. The summed E-state index contributed by atoms with van der Waals surface area (Å²) in [7, 11) is 0. The van der Waals surface area contributed by atoms with E-state index in [1.54, 1.807) is 0 Å². The Kier molecular flexibility index (Phi) is 4.98. The van der Waals surface area contributed by atoms with Crippen LogP contribution in [0.3, 0.4) is 0 Å². The van der Waals surface area contributed by atoms with Crippen LogP contribution in [0.25, 0.3) is 5.69 Å². The Morgan fingerprint density at radius 1 is 1.21 bits per heavy atom. The first kappa shape index (κ1) is 18.4. The highest BCUT2D eigenvalue weighted by atomic mass is 19.3. The number of alkyl halides is 2. The number of nitrogens with zero attached hydrogens (tertiary/aromatic N) is 3. The summed E-state index contributed by atoms with van der Waals surface area (Å²) in [5.41, 5.74) is 2.40. The Morgan fingerprint density at radius 2 is 1.96 bits per heavy atom. The zero-order valence-electron chi connectivity index (χ0n) is 15.6. The van der Waals surface area contributed by atoms with E-state index in [-0.39, 0.29) is 30.1 Å². The van der Waals surface area contributed by atoms with Crippen LogP contribution >= 0.6 is 0 Å². The third-order valence-electron chi connectivity index (χ3n) is 4.99. The quantitative estimate of drug-likeness (QED) is 0.658. The number of aromatic nitrogens is 3. The summed E-state index contributed by atoms with van der Waals surface area (Å²) in [6.07, 6.45) is 3.19. The lowest BCUT2D eigenvalue weighted by Gasteiger charge is -2.16. The summed E-state index contributed by atoms with van der Waals surface area (Å²) < 4.78 is 29.7. The van der Waals surface area contributed by atoms with E-state index in [0.717, 1.165) is 28.8 Å². The van der Waals surface area contributed by atoms with E-state index in [1.807, 2.05) is 60.3 Å². The van der Waals surface area contributed by atoms with Gasteiger partial charge in [0.1, 0.15) is 12.2 Å². The summed E-state index contributed by atoms with van der Waals surface area (Å²) in [4.78, 5) is 12.5. The van der Waals surface area contributed by atoms with Gasteiger partial charge in [0.05, 0.1) is 11.7 Å². The van der Waals surface area contributed by atoms with Crippen LogP contribution in [0, 0.1) is 0 Å². The van der Waals surface area contributed by atoms with Crippen molar-refractivity contribution in [1.29, 1.82) is 0 Å². The zero-order valence-corrected chi connectivity index (χ0v) is 15.6. The molecule has 2 aromatic heterocycles. The number of nitrogens with one attached hydrogen (secondary N) is 1. The van der Waals surface area contributed by atoms with Crippen LogP contribution in [0.5, 0.6) is 0 Å². The highest BCUT2D eigenvalue weighted by molar-refractivity contribution is 5.76. The van der Waals surface area contributed by atoms with Gasteiger partial charge in [-0.1, -0.05) is 12.1 Å². The van der Waals surface area contributed by atoms with Crippen LogP contribution in [-0.4, -0.2) is 20.3 Å². The molecular weight excluding hydrogens is 362 g/mol. The van der Waals surface area contributed by atoms with Crippen molar-refractivity contribution in [3.05, 3.63) is 71.8 Å². The fraction of sp³-hybridized carbons (Fsp3) is 0.333. The molecule has 2 heterocycles. The minimum atomic E-state index is -2.65. The number of amides is 1. The van der Waals surface area contributed by atoms with Crippen molar-refractivity contribution < 1.29 is 13.6 Å². The molecule has 4 rings (SSSR count). The highest BCUT2D eigenvalue weighted by Gasteiger charge is 2.29. The molecule has 0 aliphatic heterocycles. The minimum absolute atomic E-state index is 0.195. The van der Waals surface area contributed by atoms with Gasteiger partial charge in [-0.3, -0.25) is 9.48 Å². The number of carbonyl (C=O) groups excluding carboxylic acids is 1. The lowest BCUT2D eigenvalue weighted by Crippen LogP contribution is -2.31. The van der Waals surface area contributed by atoms with E-state index in [4.69, 9.17) is 0 Å². The maximum Gasteiger partial charge on any atom is 0.280 e. The molecule has 0 unspecified atom stereocenters. The number of carbonyl (C=O) groups is 1. The maximum atomic E-state index is 13.3. The monoisotopic (exact) mass is 384 g/mol. The van der Waals surface area contributed by atoms with E-state index in [2.05, 4.69) is 10.4 Å². The second-order valence-corrected chi connectivity index (χ2v) is 7.20. The number of benzene rings is 1. The molecule has 1 aliphatic carbocycles. The minimum Gasteiger partial charge on any atom is -0.348 e. The van der Waals surface area contributed by atoms with Gasteiger partial charge in [-0.15, -0.1) is 0 Å². The molecule has 5 nitrogen and oxygen atoms in total. The summed E-state index contributed by atoms with van der Waals surface area (Å²) in [5, 5.41) is 7.12. The van der Waals surface area contributed by atoms with Gasteiger partial charge in [-0.25, -0.2) is 8.78 Å². The molecule has 7 heteroatoms. The predicted molar refractivity (Wildman–Crippen MR) is 101 cm³/mol. The van der Waals surface area contributed by atoms with Gasteiger partial charge in [0.15, 0.2) is 0 Å². The Hall–Kier alpha value is -2.96. The summed E-state index contributed by atoms with van der Waals surface area (Å²) in [6.45, 7) is 1.66. The van der Waals surface area contributed by atoms with Gasteiger partial charge in [0, 0.05) is 24.0 Å². The summed E-state index contributed by atoms with van der Waals surface area (Å²) in [5.74, 6) is -0.0802. The van der Waals surface area contributed by atoms with Crippen molar-refractivity contribution in [2.24, 2.45) is 0 Å². The van der Waals surface area contributed by atoms with Gasteiger partial charge in [-0.05, 0) is 55.7 Å². The Balaban J connectivity index is 1.45. The number of hydrogen-bond acceptors (Lipinski definition) is 2. The number of rotatable bonds is 7. The number of halogens is 2. The standard InChI is InChI=1S/C21H22F2N4O/c1-14(16-5-4-6-17(11-16)26-9-2-3-10-26)24-20(28)13-27-19(21(22)23)12-18(25-27)15-7-8-15/h2-6,9-12,14-15,21H,7-8,13H2,1H3,(H,24,28)/t14-/m0/s1. The van der Waals surface area contributed by atoms with Crippen molar-refractivity contribution in [3.8, 4) is 5.69 Å². The first-order valence-electron chi connectivity index (χ1n) is 9.39. The van der Waals surface area contributed by atoms with Crippen molar-refractivity contribution in [1.82, 2.24) is 19.7 Å². The molecule has 1 atom stereocenters. The fourth-order valence-electron chi connectivity index (χ4n) is 3.30. The van der Waals surface area contributed by atoms with E-state index in [0.29, 0.717) is 5.69 Å². The molecule has 146 valence electrons. The zero-order chi connectivity index (χ0) is 19.7. The maximum absolute atomic E-state index is 13.3.